The summed E-state index contributed by atoms with van der Waals surface area (Å²) in [5.74, 6) is 0. The summed E-state index contributed by atoms with van der Waals surface area (Å²) in [5, 5.41) is 17.1. The van der Waals surface area contributed by atoms with Gasteiger partial charge in [0, 0.05) is 30.7 Å². The monoisotopic (exact) mass is 197 g/mol. The quantitative estimate of drug-likeness (QED) is 0.462. The summed E-state index contributed by atoms with van der Waals surface area (Å²) in [7, 11) is 0. The van der Waals surface area contributed by atoms with E-state index in [1.54, 1.807) is 6.21 Å². The van der Waals surface area contributed by atoms with Crippen molar-refractivity contribution < 1.29 is 10.2 Å². The number of hydrogen-bond donors (Lipinski definition) is 3. The highest BCUT2D eigenvalue weighted by Crippen LogP contribution is 2.10. The maximum atomic E-state index is 8.56. The highest BCUT2D eigenvalue weighted by atomic mass is 16.5. The van der Waals surface area contributed by atoms with Gasteiger partial charge in [-0.15, -0.1) is 0 Å². The summed E-state index contributed by atoms with van der Waals surface area (Å²) >= 11 is 0. The number of aliphatic hydroxyl groups excluding tert-OH is 1. The van der Waals surface area contributed by atoms with Gasteiger partial charge in [-0.1, -0.05) is 0 Å². The van der Waals surface area contributed by atoms with Crippen LogP contribution in [-0.4, -0.2) is 33.8 Å². The lowest BCUT2D eigenvalue weighted by atomic mass is 10.3. The molecule has 0 fully saturated rings. The Morgan fingerprint density at radius 2 is 2.29 bits per heavy atom. The number of aliphatic imine (C=N–C) groups is 1. The summed E-state index contributed by atoms with van der Waals surface area (Å²) in [6.45, 7) is 2.83. The van der Waals surface area contributed by atoms with Gasteiger partial charge in [0.2, 0.25) is 0 Å². The van der Waals surface area contributed by atoms with Crippen LogP contribution in [0.1, 0.15) is 12.5 Å². The van der Waals surface area contributed by atoms with Crippen molar-refractivity contribution in [1.29, 1.82) is 0 Å². The van der Waals surface area contributed by atoms with Crippen LogP contribution in [0, 0.1) is 0 Å². The predicted octanol–water partition coefficient (Wildman–Crippen LogP) is -0.180. The molecule has 0 aliphatic carbocycles. The minimum Gasteiger partial charge on any atom is -0.397 e. The van der Waals surface area contributed by atoms with Gasteiger partial charge in [0.1, 0.15) is 0 Å². The van der Waals surface area contributed by atoms with E-state index in [0.29, 0.717) is 5.69 Å². The molecule has 0 saturated heterocycles. The zero-order chi connectivity index (χ0) is 10.6. The molecule has 5 heteroatoms. The van der Waals surface area contributed by atoms with Crippen molar-refractivity contribution in [3.63, 3.8) is 0 Å². The maximum Gasteiger partial charge on any atom is 0.171 e. The molecule has 1 heterocycles. The molecule has 0 spiro atoms. The topological polar surface area (TPSA) is 83.8 Å². The Balaban J connectivity index is 2.66. The molecule has 0 aliphatic rings. The van der Waals surface area contributed by atoms with Crippen LogP contribution in [0.3, 0.4) is 0 Å². The molecule has 0 unspecified atom stereocenters. The normalized spacial score (nSPS) is 11.7. The lowest BCUT2D eigenvalue weighted by Gasteiger charge is -1.95. The number of rotatable bonds is 4. The van der Waals surface area contributed by atoms with Crippen LogP contribution in [0.4, 0.5) is 5.69 Å². The van der Waals surface area contributed by atoms with Crippen molar-refractivity contribution >= 4 is 11.9 Å². The van der Waals surface area contributed by atoms with E-state index in [1.165, 1.54) is 0 Å². The summed E-state index contributed by atoms with van der Waals surface area (Å²) < 4.78 is 1.94. The number of aromatic nitrogens is 1. The molecular weight excluding hydrogens is 182 g/mol. The first-order valence-corrected chi connectivity index (χ1v) is 4.44. The second kappa shape index (κ2) is 4.78. The molecule has 5 nitrogen and oxygen atoms in total. The molecule has 0 radical (unpaired) electrons. The molecule has 0 bridgehead atoms. The zero-order valence-corrected chi connectivity index (χ0v) is 8.09. The third kappa shape index (κ3) is 2.86. The van der Waals surface area contributed by atoms with E-state index >= 15 is 0 Å². The van der Waals surface area contributed by atoms with Gasteiger partial charge in [0.25, 0.3) is 0 Å². The van der Waals surface area contributed by atoms with Crippen molar-refractivity contribution in [3.05, 3.63) is 18.0 Å². The Labute approximate surface area is 82.5 Å². The maximum absolute atomic E-state index is 8.56. The molecule has 1 aromatic rings. The van der Waals surface area contributed by atoms with E-state index in [1.807, 2.05) is 23.9 Å². The lowest BCUT2D eigenvalue weighted by Crippen LogP contribution is -2.08. The number of anilines is 1. The Bertz CT molecular complexity index is 318. The number of aryl methyl sites for hydroxylation is 1. The largest absolute Gasteiger partial charge is 0.397 e. The fraction of sp³-hybridized carbons (Fsp3) is 0.444. The summed E-state index contributed by atoms with van der Waals surface area (Å²) in [5.41, 5.74) is 7.14. The number of aliphatic hydroxyl groups is 2. The first kappa shape index (κ1) is 10.7. The van der Waals surface area contributed by atoms with E-state index < -0.39 is 6.29 Å². The second-order valence-corrected chi connectivity index (χ2v) is 2.97. The molecule has 14 heavy (non-hydrogen) atoms. The zero-order valence-electron chi connectivity index (χ0n) is 8.09. The van der Waals surface area contributed by atoms with Crippen molar-refractivity contribution in [2.75, 3.05) is 12.3 Å². The Morgan fingerprint density at radius 1 is 1.57 bits per heavy atom. The first-order valence-electron chi connectivity index (χ1n) is 4.44. The second-order valence-electron chi connectivity index (χ2n) is 2.97. The Hall–Kier alpha value is -1.33. The molecule has 0 aliphatic heterocycles. The van der Waals surface area contributed by atoms with Crippen molar-refractivity contribution in [2.24, 2.45) is 4.99 Å². The van der Waals surface area contributed by atoms with Crippen LogP contribution in [-0.2, 0) is 6.54 Å². The van der Waals surface area contributed by atoms with Gasteiger partial charge in [-0.25, -0.2) is 0 Å². The van der Waals surface area contributed by atoms with E-state index in [4.69, 9.17) is 15.9 Å². The minimum absolute atomic E-state index is 0.0310. The van der Waals surface area contributed by atoms with Gasteiger partial charge in [-0.2, -0.15) is 0 Å². The standard InChI is InChI=1S/C9H15N3O2/c1-2-12-5-7(8(10)6-12)3-11-4-9(13)14/h3,5-6,9,13-14H,2,4,10H2,1H3. The fourth-order valence-electron chi connectivity index (χ4n) is 1.08. The minimum atomic E-state index is -1.40. The fourth-order valence-corrected chi connectivity index (χ4v) is 1.08. The third-order valence-corrected chi connectivity index (χ3v) is 1.81. The molecule has 0 atom stereocenters. The third-order valence-electron chi connectivity index (χ3n) is 1.81. The smallest absolute Gasteiger partial charge is 0.171 e. The van der Waals surface area contributed by atoms with Crippen molar-refractivity contribution in [1.82, 2.24) is 4.57 Å². The molecule has 1 aromatic heterocycles. The van der Waals surface area contributed by atoms with Gasteiger partial charge in [0.05, 0.1) is 12.2 Å². The van der Waals surface area contributed by atoms with Crippen molar-refractivity contribution in [3.8, 4) is 0 Å². The van der Waals surface area contributed by atoms with E-state index in [0.717, 1.165) is 12.1 Å². The number of nitrogens with two attached hydrogens (primary N) is 1. The molecule has 78 valence electrons. The average Bonchev–Trinajstić information content (AvgIpc) is 2.47. The molecule has 4 N–H and O–H groups in total. The van der Waals surface area contributed by atoms with Crippen LogP contribution >= 0.6 is 0 Å². The number of nitrogen functional groups attached to an aromatic ring is 1. The lowest BCUT2D eigenvalue weighted by molar-refractivity contribution is -0.0303. The summed E-state index contributed by atoms with van der Waals surface area (Å²) in [6, 6.07) is 0. The summed E-state index contributed by atoms with van der Waals surface area (Å²) in [4.78, 5) is 3.83. The average molecular weight is 197 g/mol. The van der Waals surface area contributed by atoms with Gasteiger partial charge in [-0.05, 0) is 6.92 Å². The van der Waals surface area contributed by atoms with Crippen LogP contribution in [0.15, 0.2) is 17.4 Å². The highest BCUT2D eigenvalue weighted by molar-refractivity contribution is 5.86. The predicted molar refractivity (Wildman–Crippen MR) is 55.2 cm³/mol. The summed E-state index contributed by atoms with van der Waals surface area (Å²) in [6.07, 6.45) is 3.82. The molecule has 0 saturated carbocycles. The van der Waals surface area contributed by atoms with E-state index in [2.05, 4.69) is 4.99 Å². The van der Waals surface area contributed by atoms with Crippen LogP contribution in [0.5, 0.6) is 0 Å². The Morgan fingerprint density at radius 3 is 2.79 bits per heavy atom. The first-order chi connectivity index (χ1) is 6.63. The van der Waals surface area contributed by atoms with E-state index in [9.17, 15) is 0 Å². The van der Waals surface area contributed by atoms with Crippen molar-refractivity contribution in [2.45, 2.75) is 19.8 Å². The number of nitrogens with zero attached hydrogens (tertiary/aromatic N) is 2. The van der Waals surface area contributed by atoms with Crippen LogP contribution in [0.2, 0.25) is 0 Å². The van der Waals surface area contributed by atoms with Crippen LogP contribution < -0.4 is 5.73 Å². The molecule has 0 aromatic carbocycles. The van der Waals surface area contributed by atoms with Gasteiger partial charge in [-0.3, -0.25) is 4.99 Å². The molecule has 1 rings (SSSR count). The highest BCUT2D eigenvalue weighted by Gasteiger charge is 1.99. The van der Waals surface area contributed by atoms with Gasteiger partial charge >= 0.3 is 0 Å². The van der Waals surface area contributed by atoms with Crippen LogP contribution in [0.25, 0.3) is 0 Å². The number of hydrogen-bond acceptors (Lipinski definition) is 4. The van der Waals surface area contributed by atoms with Gasteiger partial charge in [0.15, 0.2) is 6.29 Å². The Kier molecular flexibility index (Phi) is 3.67. The van der Waals surface area contributed by atoms with E-state index in [-0.39, 0.29) is 6.54 Å². The SMILES string of the molecule is CCn1cc(N)c(C=NCC(O)O)c1. The van der Waals surface area contributed by atoms with Gasteiger partial charge < -0.3 is 20.5 Å². The molecule has 0 amide bonds. The molecular formula is C9H15N3O2.